The standard InChI is InChI=1S/C17H18BrN3/c1-2-15(19)17(12-7-9-14(18)10-8-12)21-16-6-4-3-5-13(16)11-20-21/h3-11,15,17H,2,19H2,1H3. The zero-order chi connectivity index (χ0) is 14.8. The van der Waals surface area contributed by atoms with Crippen LogP contribution in [0.3, 0.4) is 0 Å². The number of halogens is 1. The van der Waals surface area contributed by atoms with Crippen LogP contribution in [-0.2, 0) is 0 Å². The van der Waals surface area contributed by atoms with Gasteiger partial charge in [0, 0.05) is 15.9 Å². The summed E-state index contributed by atoms with van der Waals surface area (Å²) in [5.74, 6) is 0. The summed E-state index contributed by atoms with van der Waals surface area (Å²) in [5.41, 5.74) is 8.70. The van der Waals surface area contributed by atoms with E-state index >= 15 is 0 Å². The fraction of sp³-hybridized carbons (Fsp3) is 0.235. The topological polar surface area (TPSA) is 43.8 Å². The van der Waals surface area contributed by atoms with Gasteiger partial charge in [0.2, 0.25) is 0 Å². The average Bonchev–Trinajstić information content (AvgIpc) is 2.93. The predicted molar refractivity (Wildman–Crippen MR) is 90.3 cm³/mol. The van der Waals surface area contributed by atoms with E-state index in [1.54, 1.807) is 0 Å². The van der Waals surface area contributed by atoms with Gasteiger partial charge in [-0.25, -0.2) is 0 Å². The first kappa shape index (κ1) is 14.3. The van der Waals surface area contributed by atoms with Gasteiger partial charge in [0.25, 0.3) is 0 Å². The molecule has 0 amide bonds. The Morgan fingerprint density at radius 2 is 1.86 bits per heavy atom. The van der Waals surface area contributed by atoms with Gasteiger partial charge in [0.05, 0.1) is 17.8 Å². The van der Waals surface area contributed by atoms with Crippen molar-refractivity contribution in [1.29, 1.82) is 0 Å². The van der Waals surface area contributed by atoms with Crippen LogP contribution in [0.4, 0.5) is 0 Å². The molecule has 0 fully saturated rings. The summed E-state index contributed by atoms with van der Waals surface area (Å²) in [7, 11) is 0. The molecule has 2 aromatic carbocycles. The van der Waals surface area contributed by atoms with Crippen LogP contribution in [0.5, 0.6) is 0 Å². The second-order valence-electron chi connectivity index (χ2n) is 5.22. The molecule has 3 nitrogen and oxygen atoms in total. The molecular weight excluding hydrogens is 326 g/mol. The monoisotopic (exact) mass is 343 g/mol. The minimum absolute atomic E-state index is 0.0227. The van der Waals surface area contributed by atoms with E-state index in [1.165, 1.54) is 5.56 Å². The van der Waals surface area contributed by atoms with Gasteiger partial charge < -0.3 is 5.73 Å². The van der Waals surface area contributed by atoms with Crippen molar-refractivity contribution in [1.82, 2.24) is 9.78 Å². The number of nitrogens with two attached hydrogens (primary N) is 1. The van der Waals surface area contributed by atoms with Gasteiger partial charge in [-0.05, 0) is 30.2 Å². The maximum atomic E-state index is 6.40. The highest BCUT2D eigenvalue weighted by atomic mass is 79.9. The molecule has 21 heavy (non-hydrogen) atoms. The summed E-state index contributed by atoms with van der Waals surface area (Å²) >= 11 is 3.48. The van der Waals surface area contributed by atoms with Crippen molar-refractivity contribution in [3.63, 3.8) is 0 Å². The molecule has 0 spiro atoms. The number of fused-ring (bicyclic) bond motifs is 1. The molecule has 108 valence electrons. The summed E-state index contributed by atoms with van der Waals surface area (Å²) in [6.45, 7) is 2.11. The van der Waals surface area contributed by atoms with Crippen LogP contribution < -0.4 is 5.73 Å². The Balaban J connectivity index is 2.13. The molecular formula is C17H18BrN3. The van der Waals surface area contributed by atoms with Gasteiger partial charge >= 0.3 is 0 Å². The van der Waals surface area contributed by atoms with Crippen LogP contribution in [0.1, 0.15) is 24.9 Å². The van der Waals surface area contributed by atoms with Gasteiger partial charge in [-0.1, -0.05) is 53.2 Å². The third-order valence-corrected chi connectivity index (χ3v) is 4.39. The molecule has 0 aliphatic carbocycles. The molecule has 0 aliphatic rings. The molecule has 1 aromatic heterocycles. The molecule has 2 atom stereocenters. The quantitative estimate of drug-likeness (QED) is 0.774. The lowest BCUT2D eigenvalue weighted by Gasteiger charge is -2.25. The van der Waals surface area contributed by atoms with Crippen LogP contribution in [0, 0.1) is 0 Å². The van der Waals surface area contributed by atoms with Crippen molar-refractivity contribution in [2.75, 3.05) is 0 Å². The fourth-order valence-corrected chi connectivity index (χ4v) is 2.93. The van der Waals surface area contributed by atoms with Crippen molar-refractivity contribution >= 4 is 26.8 Å². The first-order chi connectivity index (χ1) is 10.2. The normalized spacial score (nSPS) is 14.2. The van der Waals surface area contributed by atoms with Crippen LogP contribution in [0.15, 0.2) is 59.2 Å². The maximum Gasteiger partial charge on any atom is 0.0926 e. The van der Waals surface area contributed by atoms with Crippen molar-refractivity contribution in [2.45, 2.75) is 25.4 Å². The first-order valence-corrected chi connectivity index (χ1v) is 7.93. The summed E-state index contributed by atoms with van der Waals surface area (Å²) in [5, 5.41) is 5.73. The Labute approximate surface area is 132 Å². The Hall–Kier alpha value is -1.65. The predicted octanol–water partition coefficient (Wildman–Crippen LogP) is 4.13. The molecule has 3 aromatic rings. The van der Waals surface area contributed by atoms with Crippen LogP contribution >= 0.6 is 15.9 Å². The van der Waals surface area contributed by atoms with Gasteiger partial charge in [-0.15, -0.1) is 0 Å². The number of para-hydroxylation sites is 1. The van der Waals surface area contributed by atoms with E-state index in [0.29, 0.717) is 0 Å². The van der Waals surface area contributed by atoms with Gasteiger partial charge in [-0.3, -0.25) is 4.68 Å². The molecule has 0 aliphatic heterocycles. The minimum Gasteiger partial charge on any atom is -0.326 e. The molecule has 3 rings (SSSR count). The van der Waals surface area contributed by atoms with Gasteiger partial charge in [-0.2, -0.15) is 5.10 Å². The largest absolute Gasteiger partial charge is 0.326 e. The highest BCUT2D eigenvalue weighted by molar-refractivity contribution is 9.10. The van der Waals surface area contributed by atoms with E-state index in [0.717, 1.165) is 21.8 Å². The van der Waals surface area contributed by atoms with Crippen molar-refractivity contribution in [3.05, 3.63) is 64.8 Å². The van der Waals surface area contributed by atoms with E-state index in [9.17, 15) is 0 Å². The van der Waals surface area contributed by atoms with E-state index in [4.69, 9.17) is 5.73 Å². The zero-order valence-electron chi connectivity index (χ0n) is 11.9. The van der Waals surface area contributed by atoms with E-state index in [-0.39, 0.29) is 12.1 Å². The second-order valence-corrected chi connectivity index (χ2v) is 6.13. The number of benzene rings is 2. The third kappa shape index (κ3) is 2.74. The SMILES string of the molecule is CCC(N)C(c1ccc(Br)cc1)n1ncc2ccccc21. The lowest BCUT2D eigenvalue weighted by atomic mass is 9.98. The number of hydrogen-bond acceptors (Lipinski definition) is 2. The summed E-state index contributed by atoms with van der Waals surface area (Å²) < 4.78 is 3.12. The summed E-state index contributed by atoms with van der Waals surface area (Å²) in [6.07, 6.45) is 2.80. The second kappa shape index (κ2) is 6.00. The van der Waals surface area contributed by atoms with Gasteiger partial charge in [0.1, 0.15) is 0 Å². The van der Waals surface area contributed by atoms with E-state index in [1.807, 2.05) is 23.0 Å². The highest BCUT2D eigenvalue weighted by Crippen LogP contribution is 2.27. The molecule has 0 saturated carbocycles. The van der Waals surface area contributed by atoms with Crippen molar-refractivity contribution in [2.24, 2.45) is 5.73 Å². The van der Waals surface area contributed by atoms with Crippen LogP contribution in [0.25, 0.3) is 10.9 Å². The number of aromatic nitrogens is 2. The molecule has 2 N–H and O–H groups in total. The lowest BCUT2D eigenvalue weighted by Crippen LogP contribution is -2.33. The number of nitrogens with zero attached hydrogens (tertiary/aromatic N) is 2. The fourth-order valence-electron chi connectivity index (χ4n) is 2.67. The third-order valence-electron chi connectivity index (χ3n) is 3.86. The lowest BCUT2D eigenvalue weighted by molar-refractivity contribution is 0.434. The summed E-state index contributed by atoms with van der Waals surface area (Å²) in [4.78, 5) is 0. The molecule has 0 saturated heterocycles. The average molecular weight is 344 g/mol. The smallest absolute Gasteiger partial charge is 0.0926 e. The molecule has 0 bridgehead atoms. The van der Waals surface area contributed by atoms with E-state index in [2.05, 4.69) is 64.4 Å². The van der Waals surface area contributed by atoms with Crippen LogP contribution in [0.2, 0.25) is 0 Å². The summed E-state index contributed by atoms with van der Waals surface area (Å²) in [6, 6.07) is 16.6. The maximum absolute atomic E-state index is 6.40. The number of hydrogen-bond donors (Lipinski definition) is 1. The van der Waals surface area contributed by atoms with E-state index < -0.39 is 0 Å². The Morgan fingerprint density at radius 3 is 2.57 bits per heavy atom. The van der Waals surface area contributed by atoms with Crippen LogP contribution in [-0.4, -0.2) is 15.8 Å². The van der Waals surface area contributed by atoms with Gasteiger partial charge in [0.15, 0.2) is 0 Å². The molecule has 0 radical (unpaired) electrons. The van der Waals surface area contributed by atoms with Crippen molar-refractivity contribution < 1.29 is 0 Å². The minimum atomic E-state index is 0.0227. The first-order valence-electron chi connectivity index (χ1n) is 7.14. The Bertz CT molecular complexity index is 733. The highest BCUT2D eigenvalue weighted by Gasteiger charge is 2.22. The molecule has 2 unspecified atom stereocenters. The Kier molecular flexibility index (Phi) is 4.08. The molecule has 1 heterocycles. The number of rotatable bonds is 4. The Morgan fingerprint density at radius 1 is 1.14 bits per heavy atom. The zero-order valence-corrected chi connectivity index (χ0v) is 13.5. The van der Waals surface area contributed by atoms with Crippen molar-refractivity contribution in [3.8, 4) is 0 Å². The molecule has 4 heteroatoms.